The molecule has 2 nitrogen and oxygen atoms in total. The zero-order valence-corrected chi connectivity index (χ0v) is 7.92. The van der Waals surface area contributed by atoms with Gasteiger partial charge in [-0.3, -0.25) is 4.99 Å². The van der Waals surface area contributed by atoms with Gasteiger partial charge in [0.05, 0.1) is 5.70 Å². The summed E-state index contributed by atoms with van der Waals surface area (Å²) in [5.41, 5.74) is 2.44. The van der Waals surface area contributed by atoms with Crippen molar-refractivity contribution in [2.24, 2.45) is 10.9 Å². The van der Waals surface area contributed by atoms with Gasteiger partial charge in [-0.25, -0.2) is 0 Å². The molecule has 0 aromatic heterocycles. The molecule has 0 radical (unpaired) electrons. The van der Waals surface area contributed by atoms with Crippen LogP contribution in [0, 0.1) is 5.92 Å². The summed E-state index contributed by atoms with van der Waals surface area (Å²) in [6, 6.07) is 0. The lowest BCUT2D eigenvalue weighted by molar-refractivity contribution is 0.454. The standard InChI is InChI=1S/C11H16N2/c1-2-10-3-4-11(13-10)9-5-7-12-8-6-9/h2-3,9,12H,1,4-8H2. The molecule has 13 heavy (non-hydrogen) atoms. The Bertz CT molecular complexity index is 257. The number of allylic oxidation sites excluding steroid dienone is 2. The molecular weight excluding hydrogens is 160 g/mol. The summed E-state index contributed by atoms with van der Waals surface area (Å²) in [5, 5.41) is 3.37. The maximum atomic E-state index is 4.56. The smallest absolute Gasteiger partial charge is 0.0587 e. The summed E-state index contributed by atoms with van der Waals surface area (Å²) >= 11 is 0. The van der Waals surface area contributed by atoms with Crippen molar-refractivity contribution >= 4 is 5.71 Å². The summed E-state index contributed by atoms with van der Waals surface area (Å²) in [7, 11) is 0. The van der Waals surface area contributed by atoms with E-state index in [2.05, 4.69) is 23.0 Å². The number of hydrogen-bond donors (Lipinski definition) is 1. The molecule has 0 saturated carbocycles. The molecule has 0 amide bonds. The van der Waals surface area contributed by atoms with E-state index in [1.54, 1.807) is 0 Å². The van der Waals surface area contributed by atoms with Crippen molar-refractivity contribution in [3.8, 4) is 0 Å². The molecule has 70 valence electrons. The molecule has 2 aliphatic rings. The van der Waals surface area contributed by atoms with Crippen LogP contribution < -0.4 is 5.32 Å². The second-order valence-corrected chi connectivity index (χ2v) is 3.66. The van der Waals surface area contributed by atoms with Crippen molar-refractivity contribution in [1.82, 2.24) is 5.32 Å². The average molecular weight is 176 g/mol. The monoisotopic (exact) mass is 176 g/mol. The van der Waals surface area contributed by atoms with Gasteiger partial charge in [-0.05, 0) is 32.0 Å². The Morgan fingerprint density at radius 1 is 1.46 bits per heavy atom. The van der Waals surface area contributed by atoms with Crippen molar-refractivity contribution in [3.05, 3.63) is 24.4 Å². The van der Waals surface area contributed by atoms with Gasteiger partial charge in [0.25, 0.3) is 0 Å². The van der Waals surface area contributed by atoms with Crippen molar-refractivity contribution in [2.45, 2.75) is 19.3 Å². The number of rotatable bonds is 2. The third-order valence-electron chi connectivity index (χ3n) is 2.81. The third-order valence-corrected chi connectivity index (χ3v) is 2.81. The maximum absolute atomic E-state index is 4.56. The normalized spacial score (nSPS) is 24.0. The van der Waals surface area contributed by atoms with Gasteiger partial charge < -0.3 is 5.32 Å². The first-order valence-electron chi connectivity index (χ1n) is 5.01. The van der Waals surface area contributed by atoms with Gasteiger partial charge in [-0.2, -0.15) is 0 Å². The highest BCUT2D eigenvalue weighted by Crippen LogP contribution is 2.22. The molecule has 0 unspecified atom stereocenters. The van der Waals surface area contributed by atoms with E-state index in [-0.39, 0.29) is 0 Å². The van der Waals surface area contributed by atoms with E-state index in [4.69, 9.17) is 0 Å². The van der Waals surface area contributed by atoms with Gasteiger partial charge in [0, 0.05) is 18.1 Å². The molecule has 2 rings (SSSR count). The summed E-state index contributed by atoms with van der Waals surface area (Å²) in [6.07, 6.45) is 7.55. The molecule has 1 fully saturated rings. The highest BCUT2D eigenvalue weighted by Gasteiger charge is 2.20. The predicted octanol–water partition coefficient (Wildman–Crippen LogP) is 1.90. The molecule has 0 spiro atoms. The molecule has 0 bridgehead atoms. The number of nitrogens with one attached hydrogen (secondary N) is 1. The van der Waals surface area contributed by atoms with Crippen LogP contribution in [0.25, 0.3) is 0 Å². The van der Waals surface area contributed by atoms with Crippen molar-refractivity contribution in [3.63, 3.8) is 0 Å². The van der Waals surface area contributed by atoms with E-state index < -0.39 is 0 Å². The average Bonchev–Trinajstić information content (AvgIpc) is 2.67. The third kappa shape index (κ3) is 1.89. The van der Waals surface area contributed by atoms with Crippen molar-refractivity contribution in [1.29, 1.82) is 0 Å². The van der Waals surface area contributed by atoms with Crippen LogP contribution in [0.5, 0.6) is 0 Å². The van der Waals surface area contributed by atoms with E-state index in [1.165, 1.54) is 18.6 Å². The Balaban J connectivity index is 1.98. The quantitative estimate of drug-likeness (QED) is 0.682. The summed E-state index contributed by atoms with van der Waals surface area (Å²) < 4.78 is 0. The molecule has 0 aromatic carbocycles. The van der Waals surface area contributed by atoms with E-state index in [9.17, 15) is 0 Å². The van der Waals surface area contributed by atoms with Crippen LogP contribution in [-0.4, -0.2) is 18.8 Å². The fourth-order valence-corrected chi connectivity index (χ4v) is 2.01. The molecular formula is C11H16N2. The minimum atomic E-state index is 0.718. The molecule has 0 atom stereocenters. The molecule has 2 heterocycles. The lowest BCUT2D eigenvalue weighted by Gasteiger charge is -2.22. The van der Waals surface area contributed by atoms with Crippen LogP contribution >= 0.6 is 0 Å². The Morgan fingerprint density at radius 2 is 2.23 bits per heavy atom. The fraction of sp³-hybridized carbons (Fsp3) is 0.545. The SMILES string of the molecule is C=CC1=CCC(C2CCNCC2)=N1. The molecule has 2 aliphatic heterocycles. The predicted molar refractivity (Wildman–Crippen MR) is 55.9 cm³/mol. The largest absolute Gasteiger partial charge is 0.317 e. The van der Waals surface area contributed by atoms with E-state index in [0.717, 1.165) is 31.1 Å². The second kappa shape index (κ2) is 3.88. The van der Waals surface area contributed by atoms with Crippen LogP contribution in [0.1, 0.15) is 19.3 Å². The lowest BCUT2D eigenvalue weighted by Crippen LogP contribution is -2.31. The van der Waals surface area contributed by atoms with Gasteiger partial charge in [0.15, 0.2) is 0 Å². The van der Waals surface area contributed by atoms with Crippen LogP contribution in [0.15, 0.2) is 29.4 Å². The maximum Gasteiger partial charge on any atom is 0.0587 e. The van der Waals surface area contributed by atoms with Crippen LogP contribution in [-0.2, 0) is 0 Å². The second-order valence-electron chi connectivity index (χ2n) is 3.66. The minimum absolute atomic E-state index is 0.718. The van der Waals surface area contributed by atoms with Crippen molar-refractivity contribution < 1.29 is 0 Å². The fourth-order valence-electron chi connectivity index (χ4n) is 2.01. The Kier molecular flexibility index (Phi) is 2.60. The summed E-state index contributed by atoms with van der Waals surface area (Å²) in [5.74, 6) is 0.718. The van der Waals surface area contributed by atoms with Gasteiger partial charge >= 0.3 is 0 Å². The molecule has 2 heteroatoms. The number of aliphatic imine (C=N–C) groups is 1. The first-order valence-corrected chi connectivity index (χ1v) is 5.01. The molecule has 1 saturated heterocycles. The zero-order chi connectivity index (χ0) is 9.10. The van der Waals surface area contributed by atoms with E-state index in [1.807, 2.05) is 6.08 Å². The topological polar surface area (TPSA) is 24.4 Å². The van der Waals surface area contributed by atoms with Crippen LogP contribution in [0.4, 0.5) is 0 Å². The van der Waals surface area contributed by atoms with E-state index in [0.29, 0.717) is 0 Å². The zero-order valence-electron chi connectivity index (χ0n) is 7.92. The number of hydrogen-bond acceptors (Lipinski definition) is 2. The van der Waals surface area contributed by atoms with Gasteiger partial charge in [-0.15, -0.1) is 0 Å². The van der Waals surface area contributed by atoms with Gasteiger partial charge in [0.2, 0.25) is 0 Å². The van der Waals surface area contributed by atoms with Gasteiger partial charge in [-0.1, -0.05) is 12.7 Å². The summed E-state index contributed by atoms with van der Waals surface area (Å²) in [4.78, 5) is 4.56. The number of piperidine rings is 1. The summed E-state index contributed by atoms with van der Waals surface area (Å²) in [6.45, 7) is 6.03. The number of nitrogens with zero attached hydrogens (tertiary/aromatic N) is 1. The van der Waals surface area contributed by atoms with Crippen LogP contribution in [0.3, 0.4) is 0 Å². The first-order chi connectivity index (χ1) is 6.40. The molecule has 1 N–H and O–H groups in total. The Morgan fingerprint density at radius 3 is 2.85 bits per heavy atom. The Hall–Kier alpha value is -0.890. The molecule has 0 aromatic rings. The highest BCUT2D eigenvalue weighted by molar-refractivity contribution is 5.91. The van der Waals surface area contributed by atoms with Gasteiger partial charge in [0.1, 0.15) is 0 Å². The van der Waals surface area contributed by atoms with Crippen molar-refractivity contribution in [2.75, 3.05) is 13.1 Å². The first kappa shape index (κ1) is 8.70. The van der Waals surface area contributed by atoms with E-state index >= 15 is 0 Å². The Labute approximate surface area is 79.4 Å². The lowest BCUT2D eigenvalue weighted by atomic mass is 9.92. The highest BCUT2D eigenvalue weighted by atomic mass is 14.9. The van der Waals surface area contributed by atoms with Crippen LogP contribution in [0.2, 0.25) is 0 Å². The minimum Gasteiger partial charge on any atom is -0.317 e. The molecule has 0 aliphatic carbocycles.